The van der Waals surface area contributed by atoms with Crippen molar-refractivity contribution >= 4 is 0 Å². The molecular formula is C17H31N3O. The quantitative estimate of drug-likeness (QED) is 0.813. The van der Waals surface area contributed by atoms with Crippen molar-refractivity contribution < 1.29 is 5.11 Å². The molecule has 0 spiro atoms. The van der Waals surface area contributed by atoms with Crippen LogP contribution >= 0.6 is 0 Å². The Bertz CT molecular complexity index is 443. The van der Waals surface area contributed by atoms with Gasteiger partial charge < -0.3 is 10.4 Å². The molecule has 2 unspecified atom stereocenters. The van der Waals surface area contributed by atoms with Crippen molar-refractivity contribution in [2.45, 2.75) is 77.3 Å². The van der Waals surface area contributed by atoms with Crippen LogP contribution in [-0.2, 0) is 12.8 Å². The first-order chi connectivity index (χ1) is 10.2. The lowest BCUT2D eigenvalue weighted by atomic mass is 9.79. The molecule has 1 saturated carbocycles. The molecule has 120 valence electrons. The standard InChI is InChI=1S/C17H31N3O/c1-4-10-18-17(13-21)9-7-8-16(12-17)20-15(6-3)11-14(5-2)19-20/h11,16,18,21H,4-10,12-13H2,1-3H3. The number of rotatable bonds is 7. The average molecular weight is 293 g/mol. The molecule has 1 aromatic rings. The normalized spacial score (nSPS) is 26.2. The van der Waals surface area contributed by atoms with E-state index in [0.29, 0.717) is 6.04 Å². The van der Waals surface area contributed by atoms with E-state index in [1.807, 2.05) is 0 Å². The first-order valence-electron chi connectivity index (χ1n) is 8.61. The largest absolute Gasteiger partial charge is 0.394 e. The van der Waals surface area contributed by atoms with Crippen LogP contribution in [0.2, 0.25) is 0 Å². The smallest absolute Gasteiger partial charge is 0.0624 e. The van der Waals surface area contributed by atoms with Gasteiger partial charge in [-0.3, -0.25) is 4.68 Å². The molecule has 1 aliphatic carbocycles. The number of nitrogens with zero attached hydrogens (tertiary/aromatic N) is 2. The van der Waals surface area contributed by atoms with Gasteiger partial charge in [0.2, 0.25) is 0 Å². The minimum Gasteiger partial charge on any atom is -0.394 e. The van der Waals surface area contributed by atoms with Gasteiger partial charge in [0.15, 0.2) is 0 Å². The highest BCUT2D eigenvalue weighted by Crippen LogP contribution is 2.36. The maximum absolute atomic E-state index is 9.92. The maximum atomic E-state index is 9.92. The van der Waals surface area contributed by atoms with E-state index in [1.165, 1.54) is 17.8 Å². The Morgan fingerprint density at radius 1 is 1.38 bits per heavy atom. The molecule has 1 heterocycles. The molecule has 21 heavy (non-hydrogen) atoms. The summed E-state index contributed by atoms with van der Waals surface area (Å²) in [6.07, 6.45) is 7.52. The van der Waals surface area contributed by atoms with Crippen molar-refractivity contribution in [3.63, 3.8) is 0 Å². The Balaban J connectivity index is 2.18. The highest BCUT2D eigenvalue weighted by Gasteiger charge is 2.36. The fraction of sp³-hybridized carbons (Fsp3) is 0.824. The van der Waals surface area contributed by atoms with Crippen LogP contribution in [0, 0.1) is 0 Å². The van der Waals surface area contributed by atoms with E-state index in [2.05, 4.69) is 36.8 Å². The van der Waals surface area contributed by atoms with E-state index in [-0.39, 0.29) is 12.1 Å². The number of hydrogen-bond donors (Lipinski definition) is 2. The molecule has 2 atom stereocenters. The topological polar surface area (TPSA) is 50.1 Å². The molecule has 4 nitrogen and oxygen atoms in total. The highest BCUT2D eigenvalue weighted by atomic mass is 16.3. The molecule has 1 aliphatic rings. The van der Waals surface area contributed by atoms with Crippen molar-refractivity contribution in [2.24, 2.45) is 0 Å². The maximum Gasteiger partial charge on any atom is 0.0624 e. The number of aliphatic hydroxyl groups is 1. The lowest BCUT2D eigenvalue weighted by molar-refractivity contribution is 0.0938. The molecule has 4 heteroatoms. The van der Waals surface area contributed by atoms with Crippen molar-refractivity contribution in [2.75, 3.05) is 13.2 Å². The van der Waals surface area contributed by atoms with Crippen molar-refractivity contribution in [1.29, 1.82) is 0 Å². The van der Waals surface area contributed by atoms with Gasteiger partial charge >= 0.3 is 0 Å². The Morgan fingerprint density at radius 2 is 2.19 bits per heavy atom. The monoisotopic (exact) mass is 293 g/mol. The first kappa shape index (κ1) is 16.5. The summed E-state index contributed by atoms with van der Waals surface area (Å²) in [5.41, 5.74) is 2.41. The zero-order valence-electron chi connectivity index (χ0n) is 13.9. The Kier molecular flexibility index (Phi) is 5.82. The summed E-state index contributed by atoms with van der Waals surface area (Å²) >= 11 is 0. The van der Waals surface area contributed by atoms with E-state index in [4.69, 9.17) is 5.10 Å². The Labute approximate surface area is 128 Å². The molecular weight excluding hydrogens is 262 g/mol. The average Bonchev–Trinajstić information content (AvgIpc) is 2.96. The lowest BCUT2D eigenvalue weighted by Crippen LogP contribution is -2.52. The Hall–Kier alpha value is -0.870. The summed E-state index contributed by atoms with van der Waals surface area (Å²) in [7, 11) is 0. The van der Waals surface area contributed by atoms with Gasteiger partial charge in [-0.25, -0.2) is 0 Å². The minimum atomic E-state index is -0.109. The van der Waals surface area contributed by atoms with Gasteiger partial charge in [-0.05, 0) is 57.6 Å². The van der Waals surface area contributed by atoms with Gasteiger partial charge in [0.1, 0.15) is 0 Å². The van der Waals surface area contributed by atoms with Gasteiger partial charge in [0.25, 0.3) is 0 Å². The SMILES string of the molecule is CCCNC1(CO)CCCC(n2nc(CC)cc2CC)C1. The third-order valence-electron chi connectivity index (χ3n) is 4.81. The minimum absolute atomic E-state index is 0.109. The van der Waals surface area contributed by atoms with Crippen LogP contribution in [0.1, 0.15) is 70.3 Å². The van der Waals surface area contributed by atoms with Gasteiger partial charge in [-0.1, -0.05) is 20.8 Å². The second kappa shape index (κ2) is 7.41. The number of aryl methyl sites for hydroxylation is 2. The summed E-state index contributed by atoms with van der Waals surface area (Å²) in [6.45, 7) is 7.74. The zero-order valence-corrected chi connectivity index (χ0v) is 13.9. The van der Waals surface area contributed by atoms with Crippen LogP contribution in [0.25, 0.3) is 0 Å². The molecule has 0 aromatic carbocycles. The lowest BCUT2D eigenvalue weighted by Gasteiger charge is -2.41. The zero-order chi connectivity index (χ0) is 15.3. The van der Waals surface area contributed by atoms with Gasteiger partial charge in [0.05, 0.1) is 18.3 Å². The molecule has 2 rings (SSSR count). The van der Waals surface area contributed by atoms with Crippen LogP contribution in [0.4, 0.5) is 0 Å². The summed E-state index contributed by atoms with van der Waals surface area (Å²) in [4.78, 5) is 0. The highest BCUT2D eigenvalue weighted by molar-refractivity contribution is 5.12. The van der Waals surface area contributed by atoms with E-state index in [9.17, 15) is 5.11 Å². The molecule has 0 radical (unpaired) electrons. The fourth-order valence-corrected chi connectivity index (χ4v) is 3.53. The Morgan fingerprint density at radius 3 is 2.81 bits per heavy atom. The van der Waals surface area contributed by atoms with Crippen molar-refractivity contribution in [1.82, 2.24) is 15.1 Å². The van der Waals surface area contributed by atoms with E-state index < -0.39 is 0 Å². The first-order valence-corrected chi connectivity index (χ1v) is 8.61. The number of nitrogens with one attached hydrogen (secondary N) is 1. The molecule has 1 fully saturated rings. The predicted molar refractivity (Wildman–Crippen MR) is 86.6 cm³/mol. The number of aliphatic hydroxyl groups excluding tert-OH is 1. The summed E-state index contributed by atoms with van der Waals surface area (Å²) < 4.78 is 2.25. The van der Waals surface area contributed by atoms with Crippen molar-refractivity contribution in [3.8, 4) is 0 Å². The third-order valence-corrected chi connectivity index (χ3v) is 4.81. The second-order valence-electron chi connectivity index (χ2n) is 6.39. The number of aromatic nitrogens is 2. The van der Waals surface area contributed by atoms with Crippen LogP contribution < -0.4 is 5.32 Å². The molecule has 0 saturated heterocycles. The third kappa shape index (κ3) is 3.67. The second-order valence-corrected chi connectivity index (χ2v) is 6.39. The van der Waals surface area contributed by atoms with Crippen molar-refractivity contribution in [3.05, 3.63) is 17.5 Å². The summed E-state index contributed by atoms with van der Waals surface area (Å²) in [6, 6.07) is 2.67. The van der Waals surface area contributed by atoms with Crippen LogP contribution in [0.15, 0.2) is 6.07 Å². The number of hydrogen-bond acceptors (Lipinski definition) is 3. The van der Waals surface area contributed by atoms with E-state index in [1.54, 1.807) is 0 Å². The van der Waals surface area contributed by atoms with Gasteiger partial charge in [-0.2, -0.15) is 5.10 Å². The van der Waals surface area contributed by atoms with Crippen LogP contribution in [0.5, 0.6) is 0 Å². The van der Waals surface area contributed by atoms with E-state index >= 15 is 0 Å². The summed E-state index contributed by atoms with van der Waals surface area (Å²) in [5.74, 6) is 0. The summed E-state index contributed by atoms with van der Waals surface area (Å²) in [5, 5.41) is 18.3. The fourth-order valence-electron chi connectivity index (χ4n) is 3.53. The molecule has 0 aliphatic heterocycles. The van der Waals surface area contributed by atoms with Gasteiger partial charge in [-0.15, -0.1) is 0 Å². The van der Waals surface area contributed by atoms with E-state index in [0.717, 1.165) is 45.1 Å². The van der Waals surface area contributed by atoms with Crippen LogP contribution in [0.3, 0.4) is 0 Å². The molecule has 2 N–H and O–H groups in total. The van der Waals surface area contributed by atoms with Gasteiger partial charge in [0, 0.05) is 11.2 Å². The predicted octanol–water partition coefficient (Wildman–Crippen LogP) is 2.85. The molecule has 0 amide bonds. The van der Waals surface area contributed by atoms with Crippen LogP contribution in [-0.4, -0.2) is 33.6 Å². The molecule has 0 bridgehead atoms. The molecule has 1 aromatic heterocycles.